The first kappa shape index (κ1) is 21.8. The lowest BCUT2D eigenvalue weighted by Crippen LogP contribution is -2.42. The first-order valence-corrected chi connectivity index (χ1v) is 11.3. The van der Waals surface area contributed by atoms with Gasteiger partial charge < -0.3 is 19.5 Å². The molecule has 0 saturated carbocycles. The van der Waals surface area contributed by atoms with E-state index in [0.717, 1.165) is 0 Å². The Morgan fingerprint density at radius 1 is 1.16 bits per heavy atom. The molecule has 1 aliphatic rings. The number of carbonyl (C=O) groups is 2. The number of carbonyl (C=O) groups excluding carboxylic acids is 2. The van der Waals surface area contributed by atoms with E-state index in [2.05, 4.69) is 5.32 Å². The Labute approximate surface area is 188 Å². The molecule has 166 valence electrons. The van der Waals surface area contributed by atoms with Gasteiger partial charge in [-0.2, -0.15) is 11.8 Å². The average Bonchev–Trinajstić information content (AvgIpc) is 3.29. The molecule has 4 rings (SSSR count). The SMILES string of the molecule is COC(=O)C(CCSC)NC(=O)c1cn(-c2ccc3c(c2)OCO3)c(=O)c2ccccc12. The standard InChI is InChI=1S/C23H22N2O6S/c1-29-23(28)18(9-10-32-2)24-21(26)17-12-25(22(27)16-6-4-3-5-15(16)17)14-7-8-19-20(11-14)31-13-30-19/h3-8,11-12,18H,9-10,13H2,1-2H3,(H,24,26). The highest BCUT2D eigenvalue weighted by Gasteiger charge is 2.24. The fourth-order valence-corrected chi connectivity index (χ4v) is 4.03. The van der Waals surface area contributed by atoms with Gasteiger partial charge in [0, 0.05) is 23.0 Å². The number of nitrogens with zero attached hydrogens (tertiary/aromatic N) is 1. The van der Waals surface area contributed by atoms with Gasteiger partial charge >= 0.3 is 5.97 Å². The number of hydrogen-bond acceptors (Lipinski definition) is 7. The normalized spacial score (nSPS) is 13.1. The first-order chi connectivity index (χ1) is 15.5. The second kappa shape index (κ2) is 9.35. The van der Waals surface area contributed by atoms with Crippen molar-refractivity contribution in [3.8, 4) is 17.2 Å². The van der Waals surface area contributed by atoms with Gasteiger partial charge in [0.1, 0.15) is 6.04 Å². The summed E-state index contributed by atoms with van der Waals surface area (Å²) in [5.74, 6) is 0.817. The second-order valence-electron chi connectivity index (χ2n) is 7.13. The third-order valence-corrected chi connectivity index (χ3v) is 5.85. The third kappa shape index (κ3) is 4.16. The zero-order chi connectivity index (χ0) is 22.7. The van der Waals surface area contributed by atoms with E-state index in [-0.39, 0.29) is 17.9 Å². The Bertz CT molecular complexity index is 1240. The maximum atomic E-state index is 13.2. The molecule has 2 heterocycles. The lowest BCUT2D eigenvalue weighted by Gasteiger charge is -2.18. The summed E-state index contributed by atoms with van der Waals surface area (Å²) in [4.78, 5) is 38.6. The van der Waals surface area contributed by atoms with E-state index in [0.29, 0.717) is 40.1 Å². The molecule has 0 aliphatic carbocycles. The number of esters is 1. The van der Waals surface area contributed by atoms with Crippen molar-refractivity contribution in [1.29, 1.82) is 0 Å². The number of thioether (sulfide) groups is 1. The predicted molar refractivity (Wildman–Crippen MR) is 122 cm³/mol. The summed E-state index contributed by atoms with van der Waals surface area (Å²) >= 11 is 1.57. The van der Waals surface area contributed by atoms with Gasteiger partial charge in [-0.25, -0.2) is 4.79 Å². The van der Waals surface area contributed by atoms with Gasteiger partial charge in [0.2, 0.25) is 6.79 Å². The summed E-state index contributed by atoms with van der Waals surface area (Å²) in [5.41, 5.74) is 0.532. The van der Waals surface area contributed by atoms with E-state index in [9.17, 15) is 14.4 Å². The predicted octanol–water partition coefficient (Wildman–Crippen LogP) is 2.74. The number of pyridine rings is 1. The number of benzene rings is 2. The van der Waals surface area contributed by atoms with Crippen molar-refractivity contribution in [2.24, 2.45) is 0 Å². The Morgan fingerprint density at radius 2 is 1.91 bits per heavy atom. The van der Waals surface area contributed by atoms with Crippen LogP contribution >= 0.6 is 11.8 Å². The van der Waals surface area contributed by atoms with Gasteiger partial charge in [0.25, 0.3) is 11.5 Å². The molecule has 32 heavy (non-hydrogen) atoms. The third-order valence-electron chi connectivity index (χ3n) is 5.21. The first-order valence-electron chi connectivity index (χ1n) is 9.95. The van der Waals surface area contributed by atoms with Gasteiger partial charge in [0.05, 0.1) is 18.4 Å². The van der Waals surface area contributed by atoms with E-state index in [4.69, 9.17) is 14.2 Å². The second-order valence-corrected chi connectivity index (χ2v) is 8.12. The topological polar surface area (TPSA) is 95.9 Å². The molecule has 0 spiro atoms. The van der Waals surface area contributed by atoms with E-state index < -0.39 is 17.9 Å². The highest BCUT2D eigenvalue weighted by Crippen LogP contribution is 2.33. The summed E-state index contributed by atoms with van der Waals surface area (Å²) in [6.45, 7) is 0.115. The van der Waals surface area contributed by atoms with Crippen LogP contribution in [0, 0.1) is 0 Å². The van der Waals surface area contributed by atoms with E-state index in [1.165, 1.54) is 17.9 Å². The zero-order valence-corrected chi connectivity index (χ0v) is 18.4. The summed E-state index contributed by atoms with van der Waals surface area (Å²) in [5, 5.41) is 3.65. The van der Waals surface area contributed by atoms with Gasteiger partial charge in [-0.3, -0.25) is 14.2 Å². The molecule has 8 nitrogen and oxygen atoms in total. The van der Waals surface area contributed by atoms with Gasteiger partial charge in [0.15, 0.2) is 11.5 Å². The molecule has 0 fully saturated rings. The van der Waals surface area contributed by atoms with Crippen molar-refractivity contribution in [1.82, 2.24) is 9.88 Å². The fourth-order valence-electron chi connectivity index (χ4n) is 3.56. The highest BCUT2D eigenvalue weighted by molar-refractivity contribution is 7.98. The lowest BCUT2D eigenvalue weighted by molar-refractivity contribution is -0.142. The monoisotopic (exact) mass is 454 g/mol. The van der Waals surface area contributed by atoms with Crippen LogP contribution < -0.4 is 20.3 Å². The molecule has 1 amide bonds. The molecular weight excluding hydrogens is 432 g/mol. The molecule has 1 unspecified atom stereocenters. The number of hydrogen-bond donors (Lipinski definition) is 1. The van der Waals surface area contributed by atoms with Crippen LogP contribution in [0.5, 0.6) is 11.5 Å². The molecule has 0 bridgehead atoms. The van der Waals surface area contributed by atoms with Gasteiger partial charge in [-0.1, -0.05) is 18.2 Å². The number of nitrogens with one attached hydrogen (secondary N) is 1. The van der Waals surface area contributed by atoms with Crippen molar-refractivity contribution in [3.63, 3.8) is 0 Å². The largest absolute Gasteiger partial charge is 0.467 e. The molecule has 0 radical (unpaired) electrons. The summed E-state index contributed by atoms with van der Waals surface area (Å²) in [7, 11) is 1.29. The van der Waals surface area contributed by atoms with E-state index in [1.54, 1.807) is 54.2 Å². The minimum absolute atomic E-state index is 0.115. The molecule has 2 aromatic carbocycles. The van der Waals surface area contributed by atoms with Crippen molar-refractivity contribution >= 4 is 34.4 Å². The number of amides is 1. The fraction of sp³-hybridized carbons (Fsp3) is 0.261. The van der Waals surface area contributed by atoms with Crippen LogP contribution in [-0.4, -0.2) is 48.4 Å². The molecule has 3 aromatic rings. The number of ether oxygens (including phenoxy) is 3. The Balaban J connectivity index is 1.79. The van der Waals surface area contributed by atoms with Crippen LogP contribution in [0.4, 0.5) is 0 Å². The van der Waals surface area contributed by atoms with E-state index >= 15 is 0 Å². The Hall–Kier alpha value is -3.46. The number of fused-ring (bicyclic) bond motifs is 2. The lowest BCUT2D eigenvalue weighted by atomic mass is 10.1. The summed E-state index contributed by atoms with van der Waals surface area (Å²) < 4.78 is 17.0. The zero-order valence-electron chi connectivity index (χ0n) is 17.6. The molecular formula is C23H22N2O6S. The maximum Gasteiger partial charge on any atom is 0.328 e. The molecule has 1 aliphatic heterocycles. The van der Waals surface area contributed by atoms with Crippen molar-refractivity contribution in [3.05, 3.63) is 64.6 Å². The quantitative estimate of drug-likeness (QED) is 0.549. The van der Waals surface area contributed by atoms with Gasteiger partial charge in [-0.15, -0.1) is 0 Å². The van der Waals surface area contributed by atoms with E-state index in [1.807, 2.05) is 6.26 Å². The number of rotatable bonds is 7. The Morgan fingerprint density at radius 3 is 2.66 bits per heavy atom. The van der Waals surface area contributed by atoms with Crippen molar-refractivity contribution in [2.75, 3.05) is 25.9 Å². The van der Waals surface area contributed by atoms with Crippen LogP contribution in [0.2, 0.25) is 0 Å². The molecule has 1 aromatic heterocycles. The number of aromatic nitrogens is 1. The van der Waals surface area contributed by atoms with Crippen LogP contribution in [0.3, 0.4) is 0 Å². The highest BCUT2D eigenvalue weighted by atomic mass is 32.2. The van der Waals surface area contributed by atoms with Crippen LogP contribution in [0.25, 0.3) is 16.5 Å². The van der Waals surface area contributed by atoms with Crippen LogP contribution in [0.15, 0.2) is 53.5 Å². The average molecular weight is 455 g/mol. The molecule has 1 N–H and O–H groups in total. The Kier molecular flexibility index (Phi) is 6.36. The number of methoxy groups -OCH3 is 1. The van der Waals surface area contributed by atoms with Crippen LogP contribution in [-0.2, 0) is 9.53 Å². The molecule has 1 atom stereocenters. The van der Waals surface area contributed by atoms with Crippen molar-refractivity contribution in [2.45, 2.75) is 12.5 Å². The van der Waals surface area contributed by atoms with Crippen molar-refractivity contribution < 1.29 is 23.8 Å². The van der Waals surface area contributed by atoms with Crippen LogP contribution in [0.1, 0.15) is 16.8 Å². The molecule has 0 saturated heterocycles. The molecule has 9 heteroatoms. The van der Waals surface area contributed by atoms with Gasteiger partial charge in [-0.05, 0) is 36.6 Å². The summed E-state index contributed by atoms with van der Waals surface area (Å²) in [6, 6.07) is 11.2. The summed E-state index contributed by atoms with van der Waals surface area (Å²) in [6.07, 6.45) is 3.84. The minimum Gasteiger partial charge on any atom is -0.467 e. The minimum atomic E-state index is -0.787. The maximum absolute atomic E-state index is 13.2. The smallest absolute Gasteiger partial charge is 0.328 e.